The number of halogens is 2. The molecule has 9 heteroatoms. The molecule has 3 rings (SSSR count). The normalized spacial score (nSPS) is 15.7. The van der Waals surface area contributed by atoms with Gasteiger partial charge in [0.15, 0.2) is 5.82 Å². The maximum absolute atomic E-state index is 12.6. The number of hydrogen-bond donors (Lipinski definition) is 2. The van der Waals surface area contributed by atoms with E-state index in [9.17, 15) is 13.6 Å². The number of aromatic nitrogens is 2. The molecule has 1 aromatic heterocycles. The Balaban J connectivity index is 1.73. The van der Waals surface area contributed by atoms with E-state index in [-0.39, 0.29) is 5.82 Å². The fourth-order valence-corrected chi connectivity index (χ4v) is 2.57. The van der Waals surface area contributed by atoms with Crippen LogP contribution in [0.25, 0.3) is 0 Å². The summed E-state index contributed by atoms with van der Waals surface area (Å²) in [6.45, 7) is 0. The highest BCUT2D eigenvalue weighted by Crippen LogP contribution is 2.40. The topological polar surface area (TPSA) is 89.3 Å². The minimum Gasteiger partial charge on any atom is -0.495 e. The highest BCUT2D eigenvalue weighted by atomic mass is 19.3. The van der Waals surface area contributed by atoms with E-state index in [1.165, 1.54) is 7.11 Å². The van der Waals surface area contributed by atoms with Gasteiger partial charge in [0.05, 0.1) is 12.8 Å². The minimum atomic E-state index is -2.84. The number of ether oxygens (including phenoxy) is 1. The van der Waals surface area contributed by atoms with Crippen LogP contribution in [0.4, 0.5) is 19.3 Å². The molecule has 2 aromatic rings. The van der Waals surface area contributed by atoms with Crippen LogP contribution in [0.5, 0.6) is 5.75 Å². The number of anilines is 1. The molecule has 0 bridgehead atoms. The molecule has 1 saturated carbocycles. The summed E-state index contributed by atoms with van der Waals surface area (Å²) in [5, 5.41) is 9.03. The van der Waals surface area contributed by atoms with Gasteiger partial charge in [-0.1, -0.05) is 17.3 Å². The van der Waals surface area contributed by atoms with Gasteiger partial charge in [-0.05, 0) is 31.4 Å². The third-order valence-corrected chi connectivity index (χ3v) is 3.97. The first-order valence-electron chi connectivity index (χ1n) is 7.38. The summed E-state index contributed by atoms with van der Waals surface area (Å²) in [6.07, 6.45) is -0.915. The van der Waals surface area contributed by atoms with Crippen LogP contribution in [0.15, 0.2) is 28.8 Å². The number of amides is 2. The second-order valence-corrected chi connectivity index (χ2v) is 5.47. The Morgan fingerprint density at radius 1 is 1.38 bits per heavy atom. The van der Waals surface area contributed by atoms with Gasteiger partial charge in [-0.15, -0.1) is 0 Å². The molecular formula is C15H16F2N4O3. The van der Waals surface area contributed by atoms with Crippen molar-refractivity contribution in [3.05, 3.63) is 36.0 Å². The molecular weight excluding hydrogens is 322 g/mol. The molecule has 2 N–H and O–H groups in total. The smallest absolute Gasteiger partial charge is 0.320 e. The van der Waals surface area contributed by atoms with Gasteiger partial charge >= 0.3 is 12.5 Å². The Labute approximate surface area is 136 Å². The van der Waals surface area contributed by atoms with Gasteiger partial charge in [-0.2, -0.15) is 13.8 Å². The number of methoxy groups -OCH3 is 1. The van der Waals surface area contributed by atoms with Crippen LogP contribution < -0.4 is 15.4 Å². The second-order valence-electron chi connectivity index (χ2n) is 5.47. The number of nitrogens with one attached hydrogen (secondary N) is 2. The standard InChI is InChI=1S/C15H16F2N4O3/c1-23-10-6-3-2-5-9(10)18-14(22)20-15(7-4-8-15)13-19-12(11(16)17)24-21-13/h2-3,5-6,11H,4,7-8H2,1H3,(H2,18,20,22). The summed E-state index contributed by atoms with van der Waals surface area (Å²) >= 11 is 0. The number of benzene rings is 1. The number of para-hydroxylation sites is 2. The second kappa shape index (κ2) is 6.42. The lowest BCUT2D eigenvalue weighted by molar-refractivity contribution is 0.106. The summed E-state index contributed by atoms with van der Waals surface area (Å²) in [6, 6.07) is 6.44. The Kier molecular flexibility index (Phi) is 4.32. The molecule has 0 spiro atoms. The zero-order valence-electron chi connectivity index (χ0n) is 12.9. The van der Waals surface area contributed by atoms with Crippen molar-refractivity contribution in [2.24, 2.45) is 0 Å². The molecule has 0 radical (unpaired) electrons. The lowest BCUT2D eigenvalue weighted by Gasteiger charge is -2.39. The van der Waals surface area contributed by atoms with Crippen LogP contribution >= 0.6 is 0 Å². The maximum Gasteiger partial charge on any atom is 0.320 e. The molecule has 1 aliphatic carbocycles. The largest absolute Gasteiger partial charge is 0.495 e. The van der Waals surface area contributed by atoms with E-state index < -0.39 is 23.9 Å². The predicted molar refractivity (Wildman–Crippen MR) is 79.9 cm³/mol. The average molecular weight is 338 g/mol. The van der Waals surface area contributed by atoms with Gasteiger partial charge in [0.2, 0.25) is 0 Å². The molecule has 128 valence electrons. The molecule has 1 fully saturated rings. The number of urea groups is 1. The van der Waals surface area contributed by atoms with Crippen LogP contribution in [-0.2, 0) is 5.54 Å². The van der Waals surface area contributed by atoms with E-state index in [0.29, 0.717) is 24.3 Å². The quantitative estimate of drug-likeness (QED) is 0.874. The lowest BCUT2D eigenvalue weighted by Crippen LogP contribution is -2.52. The molecule has 7 nitrogen and oxygen atoms in total. The molecule has 2 amide bonds. The van der Waals surface area contributed by atoms with Gasteiger partial charge in [0.1, 0.15) is 11.3 Å². The van der Waals surface area contributed by atoms with Crippen LogP contribution in [0.3, 0.4) is 0 Å². The van der Waals surface area contributed by atoms with E-state index in [1.54, 1.807) is 24.3 Å². The summed E-state index contributed by atoms with van der Waals surface area (Å²) in [4.78, 5) is 16.0. The molecule has 1 aliphatic rings. The third kappa shape index (κ3) is 3.01. The van der Waals surface area contributed by atoms with E-state index >= 15 is 0 Å². The monoisotopic (exact) mass is 338 g/mol. The summed E-state index contributed by atoms with van der Waals surface area (Å²) in [5.41, 5.74) is -0.392. The van der Waals surface area contributed by atoms with Crippen LogP contribution in [0.2, 0.25) is 0 Å². The zero-order valence-corrected chi connectivity index (χ0v) is 12.9. The number of alkyl halides is 2. The van der Waals surface area contributed by atoms with Crippen molar-refractivity contribution in [1.82, 2.24) is 15.5 Å². The molecule has 0 atom stereocenters. The number of hydrogen-bond acceptors (Lipinski definition) is 5. The van der Waals surface area contributed by atoms with E-state index in [2.05, 4.69) is 25.3 Å². The fourth-order valence-electron chi connectivity index (χ4n) is 2.57. The Bertz CT molecular complexity index is 731. The van der Waals surface area contributed by atoms with Crippen molar-refractivity contribution in [3.63, 3.8) is 0 Å². The Morgan fingerprint density at radius 3 is 2.71 bits per heavy atom. The van der Waals surface area contributed by atoms with E-state index in [4.69, 9.17) is 4.74 Å². The summed E-state index contributed by atoms with van der Waals surface area (Å²) in [7, 11) is 1.50. The summed E-state index contributed by atoms with van der Waals surface area (Å²) < 4.78 is 34.9. The van der Waals surface area contributed by atoms with Gasteiger partial charge < -0.3 is 19.9 Å². The fraction of sp³-hybridized carbons (Fsp3) is 0.400. The van der Waals surface area contributed by atoms with E-state index in [1.807, 2.05) is 0 Å². The average Bonchev–Trinajstić information content (AvgIpc) is 3.02. The number of nitrogens with zero attached hydrogens (tertiary/aromatic N) is 2. The first-order valence-corrected chi connectivity index (χ1v) is 7.38. The zero-order chi connectivity index (χ0) is 17.2. The third-order valence-electron chi connectivity index (χ3n) is 3.97. The molecule has 0 aliphatic heterocycles. The number of carbonyl (C=O) groups excluding carboxylic acids is 1. The molecule has 0 saturated heterocycles. The van der Waals surface area contributed by atoms with E-state index in [0.717, 1.165) is 6.42 Å². The highest BCUT2D eigenvalue weighted by Gasteiger charge is 2.45. The Morgan fingerprint density at radius 2 is 2.12 bits per heavy atom. The van der Waals surface area contributed by atoms with Gasteiger partial charge in [0, 0.05) is 0 Å². The summed E-state index contributed by atoms with van der Waals surface area (Å²) in [5.74, 6) is -0.169. The molecule has 24 heavy (non-hydrogen) atoms. The van der Waals surface area contributed by atoms with Crippen molar-refractivity contribution in [1.29, 1.82) is 0 Å². The molecule has 1 aromatic carbocycles. The van der Waals surface area contributed by atoms with Crippen molar-refractivity contribution in [3.8, 4) is 5.75 Å². The lowest BCUT2D eigenvalue weighted by atomic mass is 9.76. The van der Waals surface area contributed by atoms with Gasteiger partial charge in [-0.25, -0.2) is 4.79 Å². The first kappa shape index (κ1) is 16.2. The molecule has 1 heterocycles. The van der Waals surface area contributed by atoms with Crippen molar-refractivity contribution in [2.45, 2.75) is 31.2 Å². The minimum absolute atomic E-state index is 0.0687. The van der Waals surface area contributed by atoms with Gasteiger partial charge in [0.25, 0.3) is 5.89 Å². The first-order chi connectivity index (χ1) is 11.5. The number of carbonyl (C=O) groups is 1. The predicted octanol–water partition coefficient (Wildman–Crippen LogP) is 3.22. The van der Waals surface area contributed by atoms with Crippen molar-refractivity contribution in [2.75, 3.05) is 12.4 Å². The van der Waals surface area contributed by atoms with Gasteiger partial charge in [-0.3, -0.25) is 0 Å². The van der Waals surface area contributed by atoms with Crippen LogP contribution in [0, 0.1) is 0 Å². The van der Waals surface area contributed by atoms with Crippen molar-refractivity contribution < 1.29 is 22.8 Å². The molecule has 0 unspecified atom stereocenters. The number of rotatable bonds is 5. The van der Waals surface area contributed by atoms with Crippen LogP contribution in [0.1, 0.15) is 37.4 Å². The van der Waals surface area contributed by atoms with Crippen molar-refractivity contribution >= 4 is 11.7 Å². The van der Waals surface area contributed by atoms with Crippen LogP contribution in [-0.4, -0.2) is 23.3 Å². The maximum atomic E-state index is 12.6. The SMILES string of the molecule is COc1ccccc1NC(=O)NC1(c2noc(C(F)F)n2)CCC1. The Hall–Kier alpha value is -2.71. The highest BCUT2D eigenvalue weighted by molar-refractivity contribution is 5.91.